The Labute approximate surface area is 176 Å². The van der Waals surface area contributed by atoms with E-state index in [1.165, 1.54) is 5.57 Å². The van der Waals surface area contributed by atoms with Crippen molar-refractivity contribution in [3.8, 4) is 0 Å². The highest BCUT2D eigenvalue weighted by atomic mass is 16.7. The maximum atomic E-state index is 12.8. The standard InChI is InChI=1S/C23H39NO5/c1-9-13-18(5)16-20(19(6)10-2)17-21(25)29-23(7,22(26)28-12-4)14-15-24(11-3)27-8/h10,13H,2,9,11-12,14-17H2,1,3-8H3/b18-13-,20-19+. The van der Waals surface area contributed by atoms with E-state index < -0.39 is 17.5 Å². The number of allylic oxidation sites excluding steroid dienone is 4. The number of nitrogens with zero attached hydrogens (tertiary/aromatic N) is 1. The van der Waals surface area contributed by atoms with Crippen molar-refractivity contribution in [2.45, 2.75) is 72.8 Å². The van der Waals surface area contributed by atoms with Crippen LogP contribution < -0.4 is 0 Å². The molecule has 0 saturated carbocycles. The van der Waals surface area contributed by atoms with Crippen LogP contribution in [0.15, 0.2) is 35.5 Å². The zero-order chi connectivity index (χ0) is 22.4. The van der Waals surface area contributed by atoms with E-state index in [2.05, 4.69) is 19.6 Å². The maximum Gasteiger partial charge on any atom is 0.350 e. The Balaban J connectivity index is 5.43. The van der Waals surface area contributed by atoms with Gasteiger partial charge < -0.3 is 14.3 Å². The second-order valence-corrected chi connectivity index (χ2v) is 7.18. The number of esters is 2. The molecule has 0 aliphatic carbocycles. The molecule has 0 radical (unpaired) electrons. The van der Waals surface area contributed by atoms with Gasteiger partial charge in [0.05, 0.1) is 20.1 Å². The molecule has 1 atom stereocenters. The lowest BCUT2D eigenvalue weighted by atomic mass is 9.97. The van der Waals surface area contributed by atoms with Gasteiger partial charge in [-0.3, -0.25) is 4.79 Å². The Bertz CT molecular complexity index is 604. The highest BCUT2D eigenvalue weighted by molar-refractivity contribution is 5.83. The van der Waals surface area contributed by atoms with Gasteiger partial charge >= 0.3 is 11.9 Å². The predicted octanol–water partition coefficient (Wildman–Crippen LogP) is 4.76. The van der Waals surface area contributed by atoms with Gasteiger partial charge in [0.2, 0.25) is 5.60 Å². The zero-order valence-electron chi connectivity index (χ0n) is 19.3. The first-order valence-corrected chi connectivity index (χ1v) is 10.3. The number of ether oxygens (including phenoxy) is 2. The molecule has 0 N–H and O–H groups in total. The molecule has 0 heterocycles. The van der Waals surface area contributed by atoms with Crippen LogP contribution >= 0.6 is 0 Å². The minimum atomic E-state index is -1.37. The van der Waals surface area contributed by atoms with E-state index in [0.717, 1.165) is 17.6 Å². The summed E-state index contributed by atoms with van der Waals surface area (Å²) in [5.41, 5.74) is 1.69. The summed E-state index contributed by atoms with van der Waals surface area (Å²) in [6.45, 7) is 16.4. The van der Waals surface area contributed by atoms with Crippen LogP contribution in [0.25, 0.3) is 0 Å². The molecule has 1 unspecified atom stereocenters. The molecule has 6 nitrogen and oxygen atoms in total. The molecule has 0 fully saturated rings. The van der Waals surface area contributed by atoms with Gasteiger partial charge in [-0.05, 0) is 40.5 Å². The van der Waals surface area contributed by atoms with Crippen LogP contribution in [0.5, 0.6) is 0 Å². The summed E-state index contributed by atoms with van der Waals surface area (Å²) in [5, 5.41) is 1.69. The normalized spacial score (nSPS) is 14.8. The topological polar surface area (TPSA) is 65.1 Å². The number of hydroxylamine groups is 2. The summed E-state index contributed by atoms with van der Waals surface area (Å²) >= 11 is 0. The highest BCUT2D eigenvalue weighted by Gasteiger charge is 2.39. The molecular formula is C23H39NO5. The number of hydrogen-bond acceptors (Lipinski definition) is 6. The minimum absolute atomic E-state index is 0.101. The molecule has 29 heavy (non-hydrogen) atoms. The maximum absolute atomic E-state index is 12.8. The zero-order valence-corrected chi connectivity index (χ0v) is 19.3. The predicted molar refractivity (Wildman–Crippen MR) is 116 cm³/mol. The third kappa shape index (κ3) is 9.90. The van der Waals surface area contributed by atoms with Gasteiger partial charge in [-0.1, -0.05) is 49.3 Å². The fraction of sp³-hybridized carbons (Fsp3) is 0.652. The van der Waals surface area contributed by atoms with Crippen LogP contribution in [-0.4, -0.2) is 49.4 Å². The summed E-state index contributed by atoms with van der Waals surface area (Å²) in [4.78, 5) is 30.5. The minimum Gasteiger partial charge on any atom is -0.463 e. The SMILES string of the molecule is C=C/C(C)=C(/CC(=O)OC(C)(CCN(CC)OC)C(=O)OCC)C/C(C)=C\CC. The quantitative estimate of drug-likeness (QED) is 0.178. The van der Waals surface area contributed by atoms with Crippen molar-refractivity contribution in [3.05, 3.63) is 35.5 Å². The average Bonchev–Trinajstić information content (AvgIpc) is 2.67. The average molecular weight is 410 g/mol. The fourth-order valence-electron chi connectivity index (χ4n) is 2.90. The lowest BCUT2D eigenvalue weighted by Crippen LogP contribution is -2.44. The second kappa shape index (κ2) is 14.1. The molecule has 0 rings (SSSR count). The van der Waals surface area contributed by atoms with Gasteiger partial charge in [-0.15, -0.1) is 0 Å². The fourth-order valence-corrected chi connectivity index (χ4v) is 2.90. The van der Waals surface area contributed by atoms with Crippen LogP contribution in [0.1, 0.15) is 67.2 Å². The summed E-state index contributed by atoms with van der Waals surface area (Å²) in [6, 6.07) is 0. The first-order chi connectivity index (χ1) is 13.7. The molecule has 0 aliphatic rings. The second-order valence-electron chi connectivity index (χ2n) is 7.18. The smallest absolute Gasteiger partial charge is 0.350 e. The molecular weight excluding hydrogens is 370 g/mol. The van der Waals surface area contributed by atoms with Crippen LogP contribution in [0.4, 0.5) is 0 Å². The Morgan fingerprint density at radius 3 is 2.28 bits per heavy atom. The van der Waals surface area contributed by atoms with Gasteiger partial charge in [0.15, 0.2) is 0 Å². The molecule has 0 spiro atoms. The van der Waals surface area contributed by atoms with Crippen molar-refractivity contribution in [1.29, 1.82) is 0 Å². The van der Waals surface area contributed by atoms with E-state index in [1.807, 2.05) is 20.8 Å². The number of hydrogen-bond donors (Lipinski definition) is 0. The third-order valence-corrected chi connectivity index (χ3v) is 4.76. The first-order valence-electron chi connectivity index (χ1n) is 10.3. The van der Waals surface area contributed by atoms with Crippen LogP contribution in [0.3, 0.4) is 0 Å². The summed E-state index contributed by atoms with van der Waals surface area (Å²) in [7, 11) is 1.57. The van der Waals surface area contributed by atoms with Crippen molar-refractivity contribution in [2.75, 3.05) is 26.8 Å². The summed E-state index contributed by atoms with van der Waals surface area (Å²) < 4.78 is 10.8. The number of carbonyl (C=O) groups is 2. The van der Waals surface area contributed by atoms with Gasteiger partial charge in [-0.2, -0.15) is 5.06 Å². The van der Waals surface area contributed by atoms with E-state index in [0.29, 0.717) is 19.5 Å². The van der Waals surface area contributed by atoms with E-state index in [1.54, 1.807) is 32.1 Å². The van der Waals surface area contributed by atoms with Crippen LogP contribution in [-0.2, 0) is 23.9 Å². The van der Waals surface area contributed by atoms with Gasteiger partial charge in [0, 0.05) is 19.5 Å². The lowest BCUT2D eigenvalue weighted by Gasteiger charge is -2.29. The van der Waals surface area contributed by atoms with Crippen molar-refractivity contribution in [3.63, 3.8) is 0 Å². The van der Waals surface area contributed by atoms with Gasteiger partial charge in [0.25, 0.3) is 0 Å². The van der Waals surface area contributed by atoms with Gasteiger partial charge in [0.1, 0.15) is 0 Å². The van der Waals surface area contributed by atoms with Crippen LogP contribution in [0.2, 0.25) is 0 Å². The molecule has 0 bridgehead atoms. The highest BCUT2D eigenvalue weighted by Crippen LogP contribution is 2.24. The van der Waals surface area contributed by atoms with E-state index in [4.69, 9.17) is 14.3 Å². The Kier molecular flexibility index (Phi) is 13.2. The summed E-state index contributed by atoms with van der Waals surface area (Å²) in [5.74, 6) is -1.00. The molecule has 0 aromatic rings. The first kappa shape index (κ1) is 27.1. The lowest BCUT2D eigenvalue weighted by molar-refractivity contribution is -0.186. The molecule has 6 heteroatoms. The van der Waals surface area contributed by atoms with E-state index in [-0.39, 0.29) is 19.4 Å². The number of rotatable bonds is 14. The monoisotopic (exact) mass is 409 g/mol. The van der Waals surface area contributed by atoms with E-state index in [9.17, 15) is 9.59 Å². The Morgan fingerprint density at radius 2 is 1.79 bits per heavy atom. The molecule has 0 saturated heterocycles. The van der Waals surface area contributed by atoms with E-state index >= 15 is 0 Å². The Hall–Kier alpha value is -1.92. The molecule has 166 valence electrons. The molecule has 0 aliphatic heterocycles. The van der Waals surface area contributed by atoms with Crippen molar-refractivity contribution in [2.24, 2.45) is 0 Å². The van der Waals surface area contributed by atoms with Gasteiger partial charge in [-0.25, -0.2) is 4.79 Å². The van der Waals surface area contributed by atoms with Crippen molar-refractivity contribution >= 4 is 11.9 Å². The molecule has 0 aromatic heterocycles. The number of carbonyl (C=O) groups excluding carboxylic acids is 2. The third-order valence-electron chi connectivity index (χ3n) is 4.76. The summed E-state index contributed by atoms with van der Waals surface area (Å²) in [6.07, 6.45) is 5.85. The molecule has 0 amide bonds. The van der Waals surface area contributed by atoms with Crippen LogP contribution in [0, 0.1) is 0 Å². The van der Waals surface area contributed by atoms with Crippen molar-refractivity contribution < 1.29 is 23.9 Å². The Morgan fingerprint density at radius 1 is 1.14 bits per heavy atom. The largest absolute Gasteiger partial charge is 0.463 e. The molecule has 0 aromatic carbocycles. The van der Waals surface area contributed by atoms with Crippen molar-refractivity contribution in [1.82, 2.24) is 5.06 Å².